The van der Waals surface area contributed by atoms with Gasteiger partial charge in [0.05, 0.1) is 25.5 Å². The third-order valence-corrected chi connectivity index (χ3v) is 5.00. The molecule has 1 aromatic heterocycles. The van der Waals surface area contributed by atoms with Gasteiger partial charge in [-0.25, -0.2) is 4.98 Å². The Balaban J connectivity index is 1.73. The number of nitrogens with zero attached hydrogens (tertiary/aromatic N) is 2. The zero-order chi connectivity index (χ0) is 19.4. The first-order chi connectivity index (χ1) is 13.0. The van der Waals surface area contributed by atoms with Crippen molar-refractivity contribution in [3.63, 3.8) is 0 Å². The molecular weight excluding hydrogens is 362 g/mol. The maximum Gasteiger partial charge on any atom is 0.209 e. The molecule has 6 nitrogen and oxygen atoms in total. The van der Waals surface area contributed by atoms with Crippen molar-refractivity contribution >= 4 is 17.5 Å². The van der Waals surface area contributed by atoms with E-state index in [9.17, 15) is 4.79 Å². The van der Waals surface area contributed by atoms with Crippen LogP contribution in [-0.4, -0.2) is 40.9 Å². The lowest BCUT2D eigenvalue weighted by Gasteiger charge is -2.07. The summed E-state index contributed by atoms with van der Waals surface area (Å²) in [5.74, 6) is 2.25. The van der Waals surface area contributed by atoms with Crippen molar-refractivity contribution in [1.29, 1.82) is 0 Å². The van der Waals surface area contributed by atoms with E-state index in [0.717, 1.165) is 22.3 Å². The Kier molecular flexibility index (Phi) is 5.81. The summed E-state index contributed by atoms with van der Waals surface area (Å²) in [5, 5.41) is 7.62. The summed E-state index contributed by atoms with van der Waals surface area (Å²) in [6.07, 6.45) is 0. The molecule has 2 aromatic carbocycles. The second kappa shape index (κ2) is 8.26. The fourth-order valence-electron chi connectivity index (χ4n) is 2.67. The maximum atomic E-state index is 12.5. The van der Waals surface area contributed by atoms with Gasteiger partial charge in [-0.2, -0.15) is 0 Å². The molecule has 3 rings (SSSR count). The molecular formula is C20H21N3O3S. The van der Waals surface area contributed by atoms with Crippen molar-refractivity contribution in [2.45, 2.75) is 19.0 Å². The van der Waals surface area contributed by atoms with Crippen LogP contribution in [0.5, 0.6) is 11.5 Å². The van der Waals surface area contributed by atoms with E-state index in [1.165, 1.54) is 11.8 Å². The minimum absolute atomic E-state index is 0.0644. The lowest BCUT2D eigenvalue weighted by Crippen LogP contribution is -2.05. The molecule has 1 heterocycles. The number of methoxy groups -OCH3 is 2. The first-order valence-electron chi connectivity index (χ1n) is 8.40. The van der Waals surface area contributed by atoms with Gasteiger partial charge < -0.3 is 9.47 Å². The van der Waals surface area contributed by atoms with E-state index in [4.69, 9.17) is 9.47 Å². The topological polar surface area (TPSA) is 77.1 Å². The second-order valence-corrected chi connectivity index (χ2v) is 7.01. The number of aryl methyl sites for hydroxylation is 2. The van der Waals surface area contributed by atoms with Gasteiger partial charge in [0, 0.05) is 11.6 Å². The lowest BCUT2D eigenvalue weighted by molar-refractivity contribution is 0.102. The fraction of sp³-hybridized carbons (Fsp3) is 0.250. The SMILES string of the molecule is COc1ccc(-c2nc(SCC(=O)c3cc(C)ccc3C)n[nH]2)c(OC)c1. The van der Waals surface area contributed by atoms with Gasteiger partial charge in [0.15, 0.2) is 11.6 Å². The Hall–Kier alpha value is -2.80. The third-order valence-electron chi connectivity index (χ3n) is 4.15. The molecule has 0 spiro atoms. The van der Waals surface area contributed by atoms with E-state index in [0.29, 0.717) is 22.5 Å². The van der Waals surface area contributed by atoms with E-state index in [-0.39, 0.29) is 11.5 Å². The molecule has 0 saturated heterocycles. The number of H-pyrrole nitrogens is 1. The van der Waals surface area contributed by atoms with Crippen LogP contribution in [0.4, 0.5) is 0 Å². The van der Waals surface area contributed by atoms with Crippen LogP contribution in [0.2, 0.25) is 0 Å². The van der Waals surface area contributed by atoms with Gasteiger partial charge in [0.25, 0.3) is 0 Å². The van der Waals surface area contributed by atoms with Crippen molar-refractivity contribution in [1.82, 2.24) is 15.2 Å². The van der Waals surface area contributed by atoms with Crippen LogP contribution in [0.15, 0.2) is 41.6 Å². The predicted octanol–water partition coefficient (Wildman–Crippen LogP) is 4.08. The Labute approximate surface area is 162 Å². The van der Waals surface area contributed by atoms with Gasteiger partial charge in [0.1, 0.15) is 11.5 Å². The minimum Gasteiger partial charge on any atom is -0.497 e. The third kappa shape index (κ3) is 4.31. The van der Waals surface area contributed by atoms with Crippen molar-refractivity contribution in [3.8, 4) is 22.9 Å². The zero-order valence-corrected chi connectivity index (χ0v) is 16.5. The molecule has 0 fully saturated rings. The molecule has 0 bridgehead atoms. The highest BCUT2D eigenvalue weighted by Crippen LogP contribution is 2.32. The molecule has 0 aliphatic rings. The quantitative estimate of drug-likeness (QED) is 0.489. The maximum absolute atomic E-state index is 12.5. The monoisotopic (exact) mass is 383 g/mol. The predicted molar refractivity (Wildman–Crippen MR) is 106 cm³/mol. The van der Waals surface area contributed by atoms with Crippen LogP contribution >= 0.6 is 11.8 Å². The number of hydrogen-bond donors (Lipinski definition) is 1. The molecule has 27 heavy (non-hydrogen) atoms. The lowest BCUT2D eigenvalue weighted by atomic mass is 10.0. The van der Waals surface area contributed by atoms with Crippen LogP contribution in [0.1, 0.15) is 21.5 Å². The molecule has 1 N–H and O–H groups in total. The largest absolute Gasteiger partial charge is 0.497 e. The van der Waals surface area contributed by atoms with Crippen LogP contribution in [-0.2, 0) is 0 Å². The number of aromatic nitrogens is 3. The first-order valence-corrected chi connectivity index (χ1v) is 9.38. The van der Waals surface area contributed by atoms with Crippen molar-refractivity contribution < 1.29 is 14.3 Å². The van der Waals surface area contributed by atoms with Gasteiger partial charge in [-0.15, -0.1) is 5.10 Å². The molecule has 7 heteroatoms. The summed E-state index contributed by atoms with van der Waals surface area (Å²) in [4.78, 5) is 17.0. The highest BCUT2D eigenvalue weighted by molar-refractivity contribution is 7.99. The number of hydrogen-bond acceptors (Lipinski definition) is 6. The van der Waals surface area contributed by atoms with Crippen LogP contribution < -0.4 is 9.47 Å². The summed E-state index contributed by atoms with van der Waals surface area (Å²) in [6, 6.07) is 11.4. The summed E-state index contributed by atoms with van der Waals surface area (Å²) >= 11 is 1.31. The summed E-state index contributed by atoms with van der Waals surface area (Å²) in [6.45, 7) is 3.92. The second-order valence-electron chi connectivity index (χ2n) is 6.06. The van der Waals surface area contributed by atoms with Crippen molar-refractivity contribution in [2.24, 2.45) is 0 Å². The number of thioether (sulfide) groups is 1. The van der Waals surface area contributed by atoms with Crippen LogP contribution in [0, 0.1) is 13.8 Å². The Bertz CT molecular complexity index is 969. The molecule has 3 aromatic rings. The van der Waals surface area contributed by atoms with Crippen LogP contribution in [0.25, 0.3) is 11.4 Å². The molecule has 0 aliphatic heterocycles. The van der Waals surface area contributed by atoms with Gasteiger partial charge in [-0.05, 0) is 37.6 Å². The molecule has 0 aliphatic carbocycles. The summed E-state index contributed by atoms with van der Waals surface area (Å²) < 4.78 is 10.6. The molecule has 0 saturated carbocycles. The standard InChI is InChI=1S/C20H21N3O3S/c1-12-5-6-13(2)16(9-12)17(24)11-27-20-21-19(22-23-20)15-8-7-14(25-3)10-18(15)26-4/h5-10H,11H2,1-4H3,(H,21,22,23). The van der Waals surface area contributed by atoms with Crippen LogP contribution in [0.3, 0.4) is 0 Å². The summed E-state index contributed by atoms with van der Waals surface area (Å²) in [5.41, 5.74) is 3.57. The number of nitrogens with one attached hydrogen (secondary N) is 1. The van der Waals surface area contributed by atoms with Crippen molar-refractivity contribution in [3.05, 3.63) is 53.1 Å². The fourth-order valence-corrected chi connectivity index (χ4v) is 3.35. The molecule has 140 valence electrons. The number of aromatic amines is 1. The molecule has 0 unspecified atom stereocenters. The Morgan fingerprint density at radius 2 is 1.93 bits per heavy atom. The van der Waals surface area contributed by atoms with Gasteiger partial charge >= 0.3 is 0 Å². The van der Waals surface area contributed by atoms with E-state index in [1.54, 1.807) is 20.3 Å². The normalized spacial score (nSPS) is 10.7. The number of Topliss-reactive ketones (excluding diaryl/α,β-unsaturated/α-hetero) is 1. The first kappa shape index (κ1) is 19.0. The molecule has 0 amide bonds. The molecule has 0 radical (unpaired) electrons. The van der Waals surface area contributed by atoms with E-state index in [1.807, 2.05) is 44.2 Å². The number of ketones is 1. The smallest absolute Gasteiger partial charge is 0.209 e. The molecule has 0 atom stereocenters. The van der Waals surface area contributed by atoms with E-state index < -0.39 is 0 Å². The highest BCUT2D eigenvalue weighted by atomic mass is 32.2. The van der Waals surface area contributed by atoms with E-state index in [2.05, 4.69) is 15.2 Å². The number of rotatable bonds is 7. The Morgan fingerprint density at radius 1 is 1.11 bits per heavy atom. The number of carbonyl (C=O) groups is 1. The number of carbonyl (C=O) groups excluding carboxylic acids is 1. The van der Waals surface area contributed by atoms with E-state index >= 15 is 0 Å². The average Bonchev–Trinajstić information content (AvgIpc) is 3.16. The summed E-state index contributed by atoms with van der Waals surface area (Å²) in [7, 11) is 3.19. The number of benzene rings is 2. The number of ether oxygens (including phenoxy) is 2. The Morgan fingerprint density at radius 3 is 2.67 bits per heavy atom. The average molecular weight is 383 g/mol. The van der Waals surface area contributed by atoms with Crippen molar-refractivity contribution in [2.75, 3.05) is 20.0 Å². The minimum atomic E-state index is 0.0644. The van der Waals surface area contributed by atoms with Gasteiger partial charge in [-0.3, -0.25) is 9.89 Å². The zero-order valence-electron chi connectivity index (χ0n) is 15.7. The van der Waals surface area contributed by atoms with Gasteiger partial charge in [-0.1, -0.05) is 29.5 Å². The highest BCUT2D eigenvalue weighted by Gasteiger charge is 2.15. The van der Waals surface area contributed by atoms with Gasteiger partial charge in [0.2, 0.25) is 5.16 Å².